The lowest BCUT2D eigenvalue weighted by atomic mass is 9.85. The number of hydrogen-bond donors (Lipinski definition) is 4. The first-order chi connectivity index (χ1) is 9.25. The van der Waals surface area contributed by atoms with E-state index in [2.05, 4.69) is 0 Å². The van der Waals surface area contributed by atoms with E-state index in [1.807, 2.05) is 0 Å². The van der Waals surface area contributed by atoms with Gasteiger partial charge in [0, 0.05) is 0 Å². The summed E-state index contributed by atoms with van der Waals surface area (Å²) < 4.78 is 0. The van der Waals surface area contributed by atoms with E-state index in [1.54, 1.807) is 0 Å². The van der Waals surface area contributed by atoms with Crippen LogP contribution in [0.2, 0.25) is 0 Å². The molecule has 0 aliphatic heterocycles. The van der Waals surface area contributed by atoms with Gasteiger partial charge in [0.05, 0.1) is 0 Å². The van der Waals surface area contributed by atoms with Crippen molar-refractivity contribution in [2.75, 3.05) is 0 Å². The molecule has 1 rings (SSSR count). The van der Waals surface area contributed by atoms with Gasteiger partial charge in [-0.3, -0.25) is 0 Å². The molecule has 1 saturated carbocycles. The molecule has 1 aliphatic carbocycles. The smallest absolute Gasteiger partial charge is 0.343 e. The first-order valence-electron chi connectivity index (χ1n) is 5.63. The fourth-order valence-electron chi connectivity index (χ4n) is 2.14. The minimum Gasteiger partial charge on any atom is -0.477 e. The third-order valence-electron chi connectivity index (χ3n) is 3.02. The molecule has 8 heteroatoms. The predicted molar refractivity (Wildman–Crippen MR) is 63.1 cm³/mol. The second kappa shape index (κ2) is 6.00. The van der Waals surface area contributed by atoms with Crippen LogP contribution in [-0.2, 0) is 19.2 Å². The van der Waals surface area contributed by atoms with Crippen LogP contribution in [0.5, 0.6) is 0 Å². The highest BCUT2D eigenvalue weighted by atomic mass is 16.4. The zero-order chi connectivity index (χ0) is 15.4. The van der Waals surface area contributed by atoms with Gasteiger partial charge in [0.2, 0.25) is 0 Å². The van der Waals surface area contributed by atoms with Gasteiger partial charge in [0.25, 0.3) is 0 Å². The van der Waals surface area contributed by atoms with E-state index >= 15 is 0 Å². The summed E-state index contributed by atoms with van der Waals surface area (Å²) in [7, 11) is 0. The van der Waals surface area contributed by atoms with Crippen molar-refractivity contribution in [3.63, 3.8) is 0 Å². The summed E-state index contributed by atoms with van der Waals surface area (Å²) in [5, 5.41) is 35.2. The maximum absolute atomic E-state index is 10.8. The first kappa shape index (κ1) is 15.4. The summed E-state index contributed by atoms with van der Waals surface area (Å²) in [6.45, 7) is 0. The highest BCUT2D eigenvalue weighted by Crippen LogP contribution is 2.32. The maximum atomic E-state index is 10.8. The fourth-order valence-corrected chi connectivity index (χ4v) is 2.14. The molecule has 0 unspecified atom stereocenters. The number of rotatable bonds is 4. The molecule has 0 aromatic carbocycles. The second-order valence-corrected chi connectivity index (χ2v) is 4.18. The Balaban J connectivity index is 3.08. The molecule has 0 atom stereocenters. The molecule has 0 heterocycles. The first-order valence-corrected chi connectivity index (χ1v) is 5.63. The van der Waals surface area contributed by atoms with Crippen LogP contribution in [0.25, 0.3) is 0 Å². The van der Waals surface area contributed by atoms with Crippen LogP contribution in [0.4, 0.5) is 0 Å². The molecule has 4 N–H and O–H groups in total. The number of carboxylic acid groups (broad SMARTS) is 4. The van der Waals surface area contributed by atoms with Gasteiger partial charge in [-0.25, -0.2) is 19.2 Å². The monoisotopic (exact) mass is 284 g/mol. The molecule has 108 valence electrons. The summed E-state index contributed by atoms with van der Waals surface area (Å²) in [5.41, 5.74) is -1.08. The van der Waals surface area contributed by atoms with Crippen LogP contribution in [0.15, 0.2) is 22.3 Å². The molecule has 0 bridgehead atoms. The maximum Gasteiger partial charge on any atom is 0.343 e. The quantitative estimate of drug-likeness (QED) is 0.331. The molecule has 0 aromatic rings. The standard InChI is InChI=1S/C12H12O8/c13-9(14)7(10(15)16)5-1-2-6(4-3-5)8(11(17)18)12(19)20/h1-4H2,(H,13,14)(H,15,16)(H,17,18)(H,19,20). The van der Waals surface area contributed by atoms with E-state index in [1.165, 1.54) is 0 Å². The second-order valence-electron chi connectivity index (χ2n) is 4.18. The largest absolute Gasteiger partial charge is 0.477 e. The Morgan fingerprint density at radius 2 is 0.750 bits per heavy atom. The lowest BCUT2D eigenvalue weighted by molar-refractivity contribution is -0.142. The van der Waals surface area contributed by atoms with Crippen molar-refractivity contribution in [1.82, 2.24) is 0 Å². The Bertz CT molecular complexity index is 458. The third-order valence-corrected chi connectivity index (χ3v) is 3.02. The summed E-state index contributed by atoms with van der Waals surface area (Å²) in [6.07, 6.45) is 0.0846. The molecule has 8 nitrogen and oxygen atoms in total. The zero-order valence-electron chi connectivity index (χ0n) is 10.3. The van der Waals surface area contributed by atoms with Crippen molar-refractivity contribution < 1.29 is 39.6 Å². The van der Waals surface area contributed by atoms with Crippen LogP contribution in [-0.4, -0.2) is 44.3 Å². The normalized spacial score (nSPS) is 14.6. The average molecular weight is 284 g/mol. The van der Waals surface area contributed by atoms with Crippen LogP contribution in [0.3, 0.4) is 0 Å². The number of hydrogen-bond acceptors (Lipinski definition) is 4. The molecule has 20 heavy (non-hydrogen) atoms. The Morgan fingerprint density at radius 3 is 0.900 bits per heavy atom. The Morgan fingerprint density at radius 1 is 0.550 bits per heavy atom. The van der Waals surface area contributed by atoms with Crippen LogP contribution >= 0.6 is 0 Å². The van der Waals surface area contributed by atoms with Crippen molar-refractivity contribution >= 4 is 23.9 Å². The van der Waals surface area contributed by atoms with Crippen molar-refractivity contribution in [2.45, 2.75) is 25.7 Å². The van der Waals surface area contributed by atoms with Crippen LogP contribution < -0.4 is 0 Å². The number of allylic oxidation sites excluding steroid dienone is 2. The molecule has 0 radical (unpaired) electrons. The minimum atomic E-state index is -1.56. The molecule has 0 amide bonds. The van der Waals surface area contributed by atoms with Crippen molar-refractivity contribution in [2.24, 2.45) is 0 Å². The van der Waals surface area contributed by atoms with Gasteiger partial charge < -0.3 is 20.4 Å². The van der Waals surface area contributed by atoms with Crippen LogP contribution in [0.1, 0.15) is 25.7 Å². The van der Waals surface area contributed by atoms with E-state index in [9.17, 15) is 19.2 Å². The number of aliphatic carboxylic acids is 4. The molecular formula is C12H12O8. The molecule has 0 aromatic heterocycles. The summed E-state index contributed by atoms with van der Waals surface area (Å²) in [5.74, 6) is -6.23. The highest BCUT2D eigenvalue weighted by Gasteiger charge is 2.28. The highest BCUT2D eigenvalue weighted by molar-refractivity contribution is 6.14. The van der Waals surface area contributed by atoms with Crippen LogP contribution in [0, 0.1) is 0 Å². The topological polar surface area (TPSA) is 149 Å². The Kier molecular flexibility index (Phi) is 4.63. The average Bonchev–Trinajstić information content (AvgIpc) is 2.29. The summed E-state index contributed by atoms with van der Waals surface area (Å²) >= 11 is 0. The third kappa shape index (κ3) is 3.22. The lowest BCUT2D eigenvalue weighted by Crippen LogP contribution is -2.19. The van der Waals surface area contributed by atoms with Crippen molar-refractivity contribution in [3.05, 3.63) is 22.3 Å². The number of carboxylic acids is 4. The van der Waals surface area contributed by atoms with E-state index in [-0.39, 0.29) is 36.8 Å². The van der Waals surface area contributed by atoms with Gasteiger partial charge >= 0.3 is 23.9 Å². The van der Waals surface area contributed by atoms with Crippen molar-refractivity contribution in [1.29, 1.82) is 0 Å². The van der Waals surface area contributed by atoms with Gasteiger partial charge in [0.1, 0.15) is 11.1 Å². The van der Waals surface area contributed by atoms with Crippen molar-refractivity contribution in [3.8, 4) is 0 Å². The van der Waals surface area contributed by atoms with Gasteiger partial charge in [0.15, 0.2) is 0 Å². The Labute approximate surface area is 112 Å². The van der Waals surface area contributed by atoms with Gasteiger partial charge in [-0.1, -0.05) is 0 Å². The number of carbonyl (C=O) groups is 4. The van der Waals surface area contributed by atoms with E-state index in [4.69, 9.17) is 20.4 Å². The fraction of sp³-hybridized carbons (Fsp3) is 0.333. The van der Waals surface area contributed by atoms with E-state index < -0.39 is 35.0 Å². The molecule has 0 spiro atoms. The molecular weight excluding hydrogens is 272 g/mol. The van der Waals surface area contributed by atoms with Gasteiger partial charge in [-0.2, -0.15) is 0 Å². The SMILES string of the molecule is O=C(O)C(C(=O)O)=C1CCC(=C(C(=O)O)C(=O)O)CC1. The molecule has 1 fully saturated rings. The molecule has 0 saturated heterocycles. The van der Waals surface area contributed by atoms with Gasteiger partial charge in [-0.05, 0) is 36.8 Å². The summed E-state index contributed by atoms with van der Waals surface area (Å²) in [6, 6.07) is 0. The lowest BCUT2D eigenvalue weighted by Gasteiger charge is -2.19. The minimum absolute atomic E-state index is 0.0212. The molecule has 1 aliphatic rings. The van der Waals surface area contributed by atoms with Gasteiger partial charge in [-0.15, -0.1) is 0 Å². The summed E-state index contributed by atoms with van der Waals surface area (Å²) in [4.78, 5) is 43.3. The van der Waals surface area contributed by atoms with E-state index in [0.29, 0.717) is 0 Å². The Hall–Kier alpha value is -2.64. The predicted octanol–water partition coefficient (Wildman–Crippen LogP) is 0.492. The van der Waals surface area contributed by atoms with E-state index in [0.717, 1.165) is 0 Å². The zero-order valence-corrected chi connectivity index (χ0v) is 10.3.